The van der Waals surface area contributed by atoms with E-state index in [9.17, 15) is 20.0 Å². The Balaban J connectivity index is 1.30. The molecule has 0 aromatic carbocycles. The largest absolute Gasteiger partial charge is 0.472 e. The zero-order valence-electron chi connectivity index (χ0n) is 18.2. The topological polar surface area (TPSA) is 125 Å². The number of ether oxygens (including phenoxy) is 1. The molecule has 2 aromatic rings. The smallest absolute Gasteiger partial charge is 0.407 e. The van der Waals surface area contributed by atoms with Crippen molar-refractivity contribution in [1.29, 1.82) is 5.26 Å². The Hall–Kier alpha value is -3.09. The van der Waals surface area contributed by atoms with Gasteiger partial charge in [0.25, 0.3) is 0 Å². The van der Waals surface area contributed by atoms with Gasteiger partial charge in [0.05, 0.1) is 30.8 Å². The number of alkyl carbamates (subject to hydrolysis) is 1. The van der Waals surface area contributed by atoms with E-state index in [1.807, 2.05) is 0 Å². The molecule has 2 aliphatic rings. The molecule has 174 valence electrons. The number of amides is 2. The Morgan fingerprint density at radius 3 is 2.85 bits per heavy atom. The molecule has 0 saturated heterocycles. The summed E-state index contributed by atoms with van der Waals surface area (Å²) < 4.78 is 10.4. The molecule has 1 fully saturated rings. The van der Waals surface area contributed by atoms with E-state index >= 15 is 0 Å². The number of aliphatic hydroxyl groups is 1. The number of carbonyl (C=O) groups excluding carboxylic acids is 2. The molecule has 2 amide bonds. The lowest BCUT2D eigenvalue weighted by molar-refractivity contribution is -0.111. The number of nitriles is 1. The molecule has 0 spiro atoms. The van der Waals surface area contributed by atoms with Crippen LogP contribution in [0.2, 0.25) is 0 Å². The third-order valence-corrected chi connectivity index (χ3v) is 7.32. The average Bonchev–Trinajstić information content (AvgIpc) is 3.44. The van der Waals surface area contributed by atoms with Crippen LogP contribution in [0.5, 0.6) is 0 Å². The third-order valence-electron chi connectivity index (χ3n) is 6.16. The zero-order chi connectivity index (χ0) is 23.2. The minimum atomic E-state index is -0.413. The Bertz CT molecular complexity index is 1050. The standard InChI is InChI=1S/C24H27N3O5S/c25-12-20-19-7-1-16(14-32-24(30)26-17-3-5-18(28)6-4-17)11-21(19)33-23(20)27-22(29)8-2-15-9-10-31-13-15/h2,8-10,13,16-18,28H,1,3-7,11,14H2,(H,26,30)(H,27,29). The van der Waals surface area contributed by atoms with Crippen LogP contribution in [0.15, 0.2) is 29.1 Å². The van der Waals surface area contributed by atoms with Crippen LogP contribution in [0.4, 0.5) is 9.80 Å². The van der Waals surface area contributed by atoms with E-state index in [0.29, 0.717) is 42.9 Å². The second-order valence-corrected chi connectivity index (χ2v) is 9.66. The summed E-state index contributed by atoms with van der Waals surface area (Å²) in [5.74, 6) is -0.135. The molecule has 1 atom stereocenters. The first-order valence-corrected chi connectivity index (χ1v) is 12.0. The molecule has 0 bridgehead atoms. The fourth-order valence-electron chi connectivity index (χ4n) is 4.32. The predicted molar refractivity (Wildman–Crippen MR) is 124 cm³/mol. The van der Waals surface area contributed by atoms with Crippen LogP contribution in [-0.2, 0) is 22.4 Å². The van der Waals surface area contributed by atoms with Crippen LogP contribution in [-0.4, -0.2) is 35.9 Å². The number of furan rings is 1. The van der Waals surface area contributed by atoms with Crippen molar-refractivity contribution >= 4 is 34.4 Å². The summed E-state index contributed by atoms with van der Waals surface area (Å²) in [6, 6.07) is 4.04. The number of carbonyl (C=O) groups is 2. The molecular weight excluding hydrogens is 442 g/mol. The van der Waals surface area contributed by atoms with Crippen molar-refractivity contribution in [2.75, 3.05) is 11.9 Å². The quantitative estimate of drug-likeness (QED) is 0.549. The molecule has 9 heteroatoms. The number of fused-ring (bicyclic) bond motifs is 1. The Morgan fingerprint density at radius 1 is 1.30 bits per heavy atom. The van der Waals surface area contributed by atoms with Crippen molar-refractivity contribution < 1.29 is 23.8 Å². The van der Waals surface area contributed by atoms with Gasteiger partial charge in [0.1, 0.15) is 11.1 Å². The first kappa shape index (κ1) is 23.1. The van der Waals surface area contributed by atoms with Gasteiger partial charge in [0.2, 0.25) is 5.91 Å². The highest BCUT2D eigenvalue weighted by atomic mass is 32.1. The van der Waals surface area contributed by atoms with Crippen molar-refractivity contribution in [1.82, 2.24) is 5.32 Å². The third kappa shape index (κ3) is 6.03. The second-order valence-electron chi connectivity index (χ2n) is 8.56. The molecule has 3 N–H and O–H groups in total. The summed E-state index contributed by atoms with van der Waals surface area (Å²) in [6.45, 7) is 0.315. The van der Waals surface area contributed by atoms with Crippen LogP contribution in [0, 0.1) is 17.2 Å². The summed E-state index contributed by atoms with van der Waals surface area (Å²) >= 11 is 1.42. The number of hydrogen-bond acceptors (Lipinski definition) is 7. The molecule has 0 radical (unpaired) electrons. The van der Waals surface area contributed by atoms with Crippen molar-refractivity contribution in [2.24, 2.45) is 5.92 Å². The summed E-state index contributed by atoms with van der Waals surface area (Å²) in [5, 5.41) is 25.5. The normalized spacial score (nSPS) is 22.4. The lowest BCUT2D eigenvalue weighted by Crippen LogP contribution is -2.39. The van der Waals surface area contributed by atoms with Crippen LogP contribution in [0.3, 0.4) is 0 Å². The van der Waals surface area contributed by atoms with E-state index in [1.165, 1.54) is 29.9 Å². The number of nitrogens with zero attached hydrogens (tertiary/aromatic N) is 1. The van der Waals surface area contributed by atoms with Crippen molar-refractivity contribution in [3.63, 3.8) is 0 Å². The average molecular weight is 470 g/mol. The zero-order valence-corrected chi connectivity index (χ0v) is 19.0. The number of thiophene rings is 1. The van der Waals surface area contributed by atoms with E-state index in [0.717, 1.165) is 35.3 Å². The van der Waals surface area contributed by atoms with Crippen molar-refractivity contribution in [2.45, 2.75) is 57.1 Å². The van der Waals surface area contributed by atoms with Gasteiger partial charge in [0, 0.05) is 22.6 Å². The van der Waals surface area contributed by atoms with Gasteiger partial charge in [-0.25, -0.2) is 4.79 Å². The highest BCUT2D eigenvalue weighted by Gasteiger charge is 2.28. The summed E-state index contributed by atoms with van der Waals surface area (Å²) in [7, 11) is 0. The van der Waals surface area contributed by atoms with Crippen LogP contribution in [0.25, 0.3) is 6.08 Å². The van der Waals surface area contributed by atoms with Gasteiger partial charge >= 0.3 is 6.09 Å². The van der Waals surface area contributed by atoms with E-state index in [4.69, 9.17) is 9.15 Å². The summed E-state index contributed by atoms with van der Waals surface area (Å²) in [5.41, 5.74) is 2.29. The fraction of sp³-hybridized carbons (Fsp3) is 0.458. The number of hydrogen-bond donors (Lipinski definition) is 3. The first-order valence-electron chi connectivity index (χ1n) is 11.2. The molecular formula is C24H27N3O5S. The Kier molecular flexibility index (Phi) is 7.47. The van der Waals surface area contributed by atoms with Crippen LogP contribution >= 0.6 is 11.3 Å². The lowest BCUT2D eigenvalue weighted by atomic mass is 9.88. The summed E-state index contributed by atoms with van der Waals surface area (Å²) in [6.07, 6.45) is 10.6. The molecule has 0 aliphatic heterocycles. The molecule has 1 unspecified atom stereocenters. The van der Waals surface area contributed by atoms with E-state index in [-0.39, 0.29) is 24.0 Å². The number of nitrogens with one attached hydrogen (secondary N) is 2. The van der Waals surface area contributed by atoms with Crippen molar-refractivity contribution in [3.8, 4) is 6.07 Å². The van der Waals surface area contributed by atoms with Gasteiger partial charge in [-0.1, -0.05) is 0 Å². The minimum Gasteiger partial charge on any atom is -0.472 e. The predicted octanol–water partition coefficient (Wildman–Crippen LogP) is 4.00. The van der Waals surface area contributed by atoms with Gasteiger partial charge in [-0.05, 0) is 68.6 Å². The number of aliphatic hydroxyl groups excluding tert-OH is 1. The van der Waals surface area contributed by atoms with Crippen LogP contribution in [0.1, 0.15) is 53.7 Å². The summed E-state index contributed by atoms with van der Waals surface area (Å²) in [4.78, 5) is 25.5. The van der Waals surface area contributed by atoms with Gasteiger partial charge in [0.15, 0.2) is 0 Å². The highest BCUT2D eigenvalue weighted by molar-refractivity contribution is 7.16. The lowest BCUT2D eigenvalue weighted by Gasteiger charge is -2.26. The van der Waals surface area contributed by atoms with Gasteiger partial charge in [-0.3, -0.25) is 4.79 Å². The highest BCUT2D eigenvalue weighted by Crippen LogP contribution is 2.39. The molecule has 2 aromatic heterocycles. The number of rotatable bonds is 6. The molecule has 2 heterocycles. The maximum atomic E-state index is 12.3. The molecule has 8 nitrogen and oxygen atoms in total. The van der Waals surface area contributed by atoms with E-state index < -0.39 is 6.09 Å². The van der Waals surface area contributed by atoms with Gasteiger partial charge in [-0.15, -0.1) is 11.3 Å². The monoisotopic (exact) mass is 469 g/mol. The second kappa shape index (κ2) is 10.7. The maximum absolute atomic E-state index is 12.3. The minimum absolute atomic E-state index is 0.0584. The van der Waals surface area contributed by atoms with E-state index in [2.05, 4.69) is 16.7 Å². The molecule has 33 heavy (non-hydrogen) atoms. The number of anilines is 1. The Morgan fingerprint density at radius 2 is 2.12 bits per heavy atom. The Labute approximate surface area is 196 Å². The molecule has 2 aliphatic carbocycles. The maximum Gasteiger partial charge on any atom is 0.407 e. The molecule has 4 rings (SSSR count). The van der Waals surface area contributed by atoms with Gasteiger partial charge in [-0.2, -0.15) is 5.26 Å². The fourth-order valence-corrected chi connectivity index (χ4v) is 5.64. The molecule has 1 saturated carbocycles. The van der Waals surface area contributed by atoms with Crippen molar-refractivity contribution in [3.05, 3.63) is 46.2 Å². The SMILES string of the molecule is N#Cc1c(NC(=O)C=Cc2ccoc2)sc2c1CCC(COC(=O)NC1CCC(O)CC1)C2. The first-order chi connectivity index (χ1) is 16.0. The van der Waals surface area contributed by atoms with Gasteiger partial charge < -0.3 is 24.9 Å². The van der Waals surface area contributed by atoms with Crippen LogP contribution < -0.4 is 10.6 Å². The van der Waals surface area contributed by atoms with E-state index in [1.54, 1.807) is 12.1 Å².